The maximum Gasteiger partial charge on any atom is 0.411 e. The van der Waals surface area contributed by atoms with Gasteiger partial charge in [-0.2, -0.15) is 26.3 Å². The number of alkyl halides is 6. The van der Waals surface area contributed by atoms with Crippen LogP contribution in [0.2, 0.25) is 0 Å². The lowest BCUT2D eigenvalue weighted by atomic mass is 9.72. The van der Waals surface area contributed by atoms with Crippen molar-refractivity contribution in [2.45, 2.75) is 17.8 Å². The van der Waals surface area contributed by atoms with Crippen LogP contribution < -0.4 is 21.5 Å². The number of rotatable bonds is 9. The van der Waals surface area contributed by atoms with Crippen LogP contribution in [0.5, 0.6) is 23.0 Å². The molecule has 0 bridgehead atoms. The number of nitrogen functional groups attached to an aromatic ring is 1. The van der Waals surface area contributed by atoms with Crippen molar-refractivity contribution >= 4 is 35.1 Å². The number of hydrogen-bond donors (Lipinski definition) is 7. The fourth-order valence-corrected chi connectivity index (χ4v) is 4.89. The number of aromatic hydroxyl groups is 2. The third-order valence-corrected chi connectivity index (χ3v) is 7.18. The minimum Gasteiger partial charge on any atom is -0.506 e. The number of carboxylic acids is 2. The number of anilines is 2. The third kappa shape index (κ3) is 6.55. The predicted molar refractivity (Wildman–Crippen MR) is 157 cm³/mol. The molecule has 0 fully saturated rings. The van der Waals surface area contributed by atoms with Crippen LogP contribution in [0.25, 0.3) is 0 Å². The zero-order chi connectivity index (χ0) is 36.6. The van der Waals surface area contributed by atoms with E-state index < -0.39 is 97.8 Å². The second kappa shape index (κ2) is 12.6. The largest absolute Gasteiger partial charge is 0.506 e. The molecular weight excluding hydrogens is 672 g/mol. The Balaban J connectivity index is 1.70. The fourth-order valence-electron chi connectivity index (χ4n) is 4.89. The molecule has 49 heavy (non-hydrogen) atoms. The van der Waals surface area contributed by atoms with Crippen molar-refractivity contribution < 1.29 is 70.7 Å². The number of carbonyl (C=O) groups is 4. The molecule has 4 rings (SSSR count). The molecule has 9 N–H and O–H groups in total. The van der Waals surface area contributed by atoms with Gasteiger partial charge in [0.1, 0.15) is 23.0 Å². The van der Waals surface area contributed by atoms with Crippen molar-refractivity contribution in [2.75, 3.05) is 11.1 Å². The number of nitrogens with two attached hydrogens (primary N) is 2. The Morgan fingerprint density at radius 3 is 1.59 bits per heavy atom. The number of halogens is 6. The number of primary amides is 1. The molecule has 0 unspecified atom stereocenters. The van der Waals surface area contributed by atoms with E-state index in [1.807, 2.05) is 5.32 Å². The summed E-state index contributed by atoms with van der Waals surface area (Å²) < 4.78 is 92.1. The number of nitrogens with one attached hydrogen (secondary N) is 1. The Kier molecular flexibility index (Phi) is 9.12. The van der Waals surface area contributed by atoms with Gasteiger partial charge in [-0.1, -0.05) is 12.1 Å². The first-order valence-electron chi connectivity index (χ1n) is 13.3. The standard InChI is InChI=1S/C31H21F6N3O9/c32-30(33,34)29(31(35,36)37,13-1-7-21(38)23(41)9-13)14-2-8-22(24(42)10-14)40-26(44)17-5-3-16(12-20(17)28(47)48)49-15-4-6-18(27(45)46)19(11-15)25(39)43/h1-12,41-42H,38H2,(H2,39,43)(H,40,44)(H,45,46)(H,47,48). The van der Waals surface area contributed by atoms with E-state index in [9.17, 15) is 65.9 Å². The minimum atomic E-state index is -6.09. The summed E-state index contributed by atoms with van der Waals surface area (Å²) in [6.07, 6.45) is -12.2. The van der Waals surface area contributed by atoms with Gasteiger partial charge in [-0.05, 0) is 71.8 Å². The van der Waals surface area contributed by atoms with Crippen molar-refractivity contribution in [3.63, 3.8) is 0 Å². The van der Waals surface area contributed by atoms with Crippen LogP contribution in [-0.4, -0.2) is 56.5 Å². The van der Waals surface area contributed by atoms with Gasteiger partial charge in [-0.25, -0.2) is 9.59 Å². The number of benzene rings is 4. The molecule has 2 amide bonds. The van der Waals surface area contributed by atoms with Crippen molar-refractivity contribution in [3.05, 3.63) is 106 Å². The number of amides is 2. The summed E-state index contributed by atoms with van der Waals surface area (Å²) >= 11 is 0. The summed E-state index contributed by atoms with van der Waals surface area (Å²) in [7, 11) is 0. The molecule has 0 spiro atoms. The van der Waals surface area contributed by atoms with Crippen LogP contribution in [0.4, 0.5) is 37.7 Å². The first kappa shape index (κ1) is 35.4. The first-order valence-corrected chi connectivity index (χ1v) is 13.3. The number of carbonyl (C=O) groups excluding carboxylic acids is 2. The Morgan fingerprint density at radius 1 is 0.633 bits per heavy atom. The summed E-state index contributed by atoms with van der Waals surface area (Å²) in [6, 6.07) is 8.14. The van der Waals surface area contributed by atoms with E-state index in [1.54, 1.807) is 0 Å². The van der Waals surface area contributed by atoms with E-state index in [0.29, 0.717) is 24.3 Å². The average molecular weight is 694 g/mol. The van der Waals surface area contributed by atoms with Crippen LogP contribution in [0, 0.1) is 0 Å². The molecule has 0 saturated carbocycles. The summed E-state index contributed by atoms with van der Waals surface area (Å²) in [5, 5.41) is 41.3. The molecule has 0 heterocycles. The Labute approximate surface area is 269 Å². The number of hydrogen-bond acceptors (Lipinski definition) is 8. The monoisotopic (exact) mass is 693 g/mol. The quantitative estimate of drug-likeness (QED) is 0.0650. The van der Waals surface area contributed by atoms with Gasteiger partial charge in [-0.15, -0.1) is 0 Å². The Bertz CT molecular complexity index is 2000. The van der Waals surface area contributed by atoms with E-state index in [4.69, 9.17) is 16.2 Å². The number of aromatic carboxylic acids is 2. The van der Waals surface area contributed by atoms with Crippen molar-refractivity contribution in [1.29, 1.82) is 0 Å². The van der Waals surface area contributed by atoms with Gasteiger partial charge in [0.25, 0.3) is 5.91 Å². The zero-order valence-corrected chi connectivity index (χ0v) is 24.2. The average Bonchev–Trinajstić information content (AvgIpc) is 2.98. The van der Waals surface area contributed by atoms with Gasteiger partial charge in [0.2, 0.25) is 11.3 Å². The highest BCUT2D eigenvalue weighted by atomic mass is 19.4. The number of phenols is 2. The second-order valence-electron chi connectivity index (χ2n) is 10.2. The fraction of sp³-hybridized carbons (Fsp3) is 0.0968. The first-order chi connectivity index (χ1) is 22.7. The van der Waals surface area contributed by atoms with Crippen LogP contribution in [0.3, 0.4) is 0 Å². The van der Waals surface area contributed by atoms with Crippen molar-refractivity contribution in [1.82, 2.24) is 0 Å². The van der Waals surface area contributed by atoms with Crippen molar-refractivity contribution in [3.8, 4) is 23.0 Å². The van der Waals surface area contributed by atoms with Gasteiger partial charge in [-0.3, -0.25) is 9.59 Å². The van der Waals surface area contributed by atoms with Crippen LogP contribution in [-0.2, 0) is 5.41 Å². The van der Waals surface area contributed by atoms with E-state index in [2.05, 4.69) is 0 Å². The molecule has 0 aliphatic rings. The molecule has 0 aliphatic carbocycles. The number of carboxylic acid groups (broad SMARTS) is 2. The third-order valence-electron chi connectivity index (χ3n) is 7.18. The van der Waals surface area contributed by atoms with Crippen molar-refractivity contribution in [2.24, 2.45) is 5.73 Å². The maximum absolute atomic E-state index is 14.4. The van der Waals surface area contributed by atoms with E-state index >= 15 is 0 Å². The molecule has 0 saturated heterocycles. The lowest BCUT2D eigenvalue weighted by Crippen LogP contribution is -2.54. The summed E-state index contributed by atoms with van der Waals surface area (Å²) in [6.45, 7) is 0. The van der Waals surface area contributed by atoms with Crippen LogP contribution >= 0.6 is 0 Å². The molecule has 18 heteroatoms. The van der Waals surface area contributed by atoms with Crippen LogP contribution in [0.1, 0.15) is 52.6 Å². The lowest BCUT2D eigenvalue weighted by Gasteiger charge is -2.38. The summed E-state index contributed by atoms with van der Waals surface area (Å²) in [4.78, 5) is 48.0. The van der Waals surface area contributed by atoms with Gasteiger partial charge in [0, 0.05) is 0 Å². The van der Waals surface area contributed by atoms with Gasteiger partial charge in [0.05, 0.1) is 33.6 Å². The predicted octanol–water partition coefficient (Wildman–Crippen LogP) is 5.63. The number of phenolic OH excluding ortho intramolecular Hbond substituents is 2. The zero-order valence-electron chi connectivity index (χ0n) is 24.2. The molecule has 0 atom stereocenters. The normalized spacial score (nSPS) is 11.9. The SMILES string of the molecule is NC(=O)c1cc(Oc2ccc(C(=O)Nc3ccc(C(c4ccc(N)c(O)c4)(C(F)(F)F)C(F)(F)F)cc3O)c(C(=O)O)c2)ccc1C(=O)O. The lowest BCUT2D eigenvalue weighted by molar-refractivity contribution is -0.288. The highest BCUT2D eigenvalue weighted by Crippen LogP contribution is 2.57. The highest BCUT2D eigenvalue weighted by Gasteiger charge is 2.72. The summed E-state index contributed by atoms with van der Waals surface area (Å²) in [5.41, 5.74) is -0.661. The van der Waals surface area contributed by atoms with E-state index in [0.717, 1.165) is 36.4 Å². The smallest absolute Gasteiger partial charge is 0.411 e. The minimum absolute atomic E-state index is 0.106. The van der Waals surface area contributed by atoms with Gasteiger partial charge < -0.3 is 41.9 Å². The molecule has 4 aromatic rings. The molecule has 256 valence electrons. The Hall–Kier alpha value is -6.46. The topological polar surface area (TPSA) is 222 Å². The molecule has 12 nitrogen and oxygen atoms in total. The van der Waals surface area contributed by atoms with Gasteiger partial charge in [0.15, 0.2) is 0 Å². The molecule has 0 aromatic heterocycles. The van der Waals surface area contributed by atoms with E-state index in [-0.39, 0.29) is 23.6 Å². The molecule has 0 radical (unpaired) electrons. The Morgan fingerprint density at radius 2 is 1.12 bits per heavy atom. The number of ether oxygens (including phenoxy) is 1. The summed E-state index contributed by atoms with van der Waals surface area (Å²) in [5.74, 6) is -8.26. The molecule has 4 aromatic carbocycles. The molecule has 0 aliphatic heterocycles. The maximum atomic E-state index is 14.4. The van der Waals surface area contributed by atoms with Gasteiger partial charge >= 0.3 is 24.3 Å². The highest BCUT2D eigenvalue weighted by molar-refractivity contribution is 6.11. The second-order valence-corrected chi connectivity index (χ2v) is 10.2. The van der Waals surface area contributed by atoms with Crippen LogP contribution in [0.15, 0.2) is 72.8 Å². The molecular formula is C31H21F6N3O9. The van der Waals surface area contributed by atoms with E-state index in [1.165, 1.54) is 0 Å².